The van der Waals surface area contributed by atoms with Gasteiger partial charge in [-0.3, -0.25) is 4.79 Å². The van der Waals surface area contributed by atoms with E-state index >= 15 is 0 Å². The van der Waals surface area contributed by atoms with Crippen molar-refractivity contribution in [1.29, 1.82) is 0 Å². The van der Waals surface area contributed by atoms with Crippen LogP contribution in [0.5, 0.6) is 5.75 Å². The summed E-state index contributed by atoms with van der Waals surface area (Å²) in [4.78, 5) is 19.3. The van der Waals surface area contributed by atoms with Gasteiger partial charge in [-0.1, -0.05) is 0 Å². The van der Waals surface area contributed by atoms with Crippen molar-refractivity contribution in [3.63, 3.8) is 0 Å². The van der Waals surface area contributed by atoms with Crippen LogP contribution in [0.2, 0.25) is 0 Å². The maximum absolute atomic E-state index is 12.9. The minimum atomic E-state index is -1.08. The van der Waals surface area contributed by atoms with Gasteiger partial charge in [-0.05, 0) is 45.0 Å². The number of H-pyrrole nitrogens is 1. The minimum absolute atomic E-state index is 0.261. The zero-order valence-corrected chi connectivity index (χ0v) is 12.2. The summed E-state index contributed by atoms with van der Waals surface area (Å²) in [5, 5.41) is 2.82. The lowest BCUT2D eigenvalue weighted by Crippen LogP contribution is -2.47. The third-order valence-corrected chi connectivity index (χ3v) is 3.01. The van der Waals surface area contributed by atoms with Crippen LogP contribution < -0.4 is 10.1 Å². The van der Waals surface area contributed by atoms with Crippen LogP contribution in [0.15, 0.2) is 36.7 Å². The molecule has 112 valence electrons. The Morgan fingerprint density at radius 1 is 1.38 bits per heavy atom. The molecule has 0 aliphatic rings. The van der Waals surface area contributed by atoms with E-state index in [1.54, 1.807) is 26.2 Å². The number of amides is 1. The number of carbonyl (C=O) groups excluding carboxylic acids is 1. The Morgan fingerprint density at radius 3 is 2.62 bits per heavy atom. The van der Waals surface area contributed by atoms with Crippen molar-refractivity contribution >= 4 is 5.91 Å². The molecular formula is C15H18FN3O2. The van der Waals surface area contributed by atoms with Crippen molar-refractivity contribution in [3.05, 3.63) is 48.3 Å². The predicted molar refractivity (Wildman–Crippen MR) is 76.3 cm³/mol. The van der Waals surface area contributed by atoms with Crippen molar-refractivity contribution < 1.29 is 13.9 Å². The molecule has 2 N–H and O–H groups in total. The fourth-order valence-corrected chi connectivity index (χ4v) is 1.80. The molecule has 1 atom stereocenters. The second-order valence-corrected chi connectivity index (χ2v) is 5.24. The van der Waals surface area contributed by atoms with Crippen molar-refractivity contribution in [2.45, 2.75) is 32.4 Å². The van der Waals surface area contributed by atoms with Gasteiger partial charge >= 0.3 is 0 Å². The quantitative estimate of drug-likeness (QED) is 0.889. The zero-order valence-electron chi connectivity index (χ0n) is 12.2. The second-order valence-electron chi connectivity index (χ2n) is 5.24. The largest absolute Gasteiger partial charge is 0.478 e. The number of aromatic amines is 1. The van der Waals surface area contributed by atoms with E-state index in [4.69, 9.17) is 4.74 Å². The van der Waals surface area contributed by atoms with Gasteiger partial charge < -0.3 is 15.0 Å². The van der Waals surface area contributed by atoms with E-state index < -0.39 is 5.60 Å². The van der Waals surface area contributed by atoms with E-state index in [-0.39, 0.29) is 17.8 Å². The topological polar surface area (TPSA) is 67.0 Å². The Bertz CT molecular complexity index is 594. The SMILES string of the molecule is CC(NC(=O)C(C)(C)Oc1ccc(F)cc1)c1ncc[nH]1. The summed E-state index contributed by atoms with van der Waals surface area (Å²) in [5.74, 6) is 0.468. The molecule has 0 saturated heterocycles. The summed E-state index contributed by atoms with van der Waals surface area (Å²) in [6.07, 6.45) is 3.32. The summed E-state index contributed by atoms with van der Waals surface area (Å²) < 4.78 is 18.5. The number of ether oxygens (including phenoxy) is 1. The average Bonchev–Trinajstić information content (AvgIpc) is 2.95. The molecule has 1 aromatic heterocycles. The standard InChI is InChI=1S/C15H18FN3O2/c1-10(13-17-8-9-18-13)19-14(20)15(2,3)21-12-6-4-11(16)5-7-12/h4-10H,1-3H3,(H,17,18)(H,19,20). The monoisotopic (exact) mass is 291 g/mol. The highest BCUT2D eigenvalue weighted by molar-refractivity contribution is 5.85. The van der Waals surface area contributed by atoms with Crippen molar-refractivity contribution in [2.75, 3.05) is 0 Å². The Balaban J connectivity index is 2.01. The summed E-state index contributed by atoms with van der Waals surface area (Å²) in [7, 11) is 0. The van der Waals surface area contributed by atoms with Crippen LogP contribution in [0.1, 0.15) is 32.6 Å². The zero-order chi connectivity index (χ0) is 15.5. The summed E-state index contributed by atoms with van der Waals surface area (Å²) in [6, 6.07) is 5.29. The van der Waals surface area contributed by atoms with Crippen LogP contribution in [0.3, 0.4) is 0 Å². The Labute approximate surface area is 122 Å². The summed E-state index contributed by atoms with van der Waals surface area (Å²) in [6.45, 7) is 5.13. The molecule has 0 aliphatic carbocycles. The van der Waals surface area contributed by atoms with Crippen LogP contribution in [0.25, 0.3) is 0 Å². The second kappa shape index (κ2) is 5.95. The molecule has 6 heteroatoms. The first-order chi connectivity index (χ1) is 9.88. The molecule has 0 radical (unpaired) electrons. The number of aromatic nitrogens is 2. The number of carbonyl (C=O) groups is 1. The number of imidazole rings is 1. The normalized spacial score (nSPS) is 12.8. The Morgan fingerprint density at radius 2 is 2.05 bits per heavy atom. The highest BCUT2D eigenvalue weighted by atomic mass is 19.1. The van der Waals surface area contributed by atoms with Gasteiger partial charge in [-0.25, -0.2) is 9.37 Å². The van der Waals surface area contributed by atoms with E-state index in [2.05, 4.69) is 15.3 Å². The van der Waals surface area contributed by atoms with Crippen LogP contribution in [-0.2, 0) is 4.79 Å². The van der Waals surface area contributed by atoms with Gasteiger partial charge in [0.1, 0.15) is 17.4 Å². The van der Waals surface area contributed by atoms with Crippen LogP contribution >= 0.6 is 0 Å². The van der Waals surface area contributed by atoms with Crippen molar-refractivity contribution in [3.8, 4) is 5.75 Å². The predicted octanol–water partition coefficient (Wildman–Crippen LogP) is 2.58. The first-order valence-corrected chi connectivity index (χ1v) is 6.63. The first-order valence-electron chi connectivity index (χ1n) is 6.63. The van der Waals surface area contributed by atoms with Crippen molar-refractivity contribution in [2.24, 2.45) is 0 Å². The van der Waals surface area contributed by atoms with Crippen LogP contribution in [0, 0.1) is 5.82 Å². The molecule has 5 nitrogen and oxygen atoms in total. The summed E-state index contributed by atoms with van der Waals surface area (Å²) in [5.41, 5.74) is -1.08. The van der Waals surface area contributed by atoms with Gasteiger partial charge in [0, 0.05) is 12.4 Å². The highest BCUT2D eigenvalue weighted by Gasteiger charge is 2.31. The van der Waals surface area contributed by atoms with Gasteiger partial charge in [0.15, 0.2) is 5.60 Å². The number of nitrogens with one attached hydrogen (secondary N) is 2. The molecule has 1 aromatic carbocycles. The van der Waals surface area contributed by atoms with Gasteiger partial charge in [-0.2, -0.15) is 0 Å². The number of nitrogens with zero attached hydrogens (tertiary/aromatic N) is 1. The molecule has 0 spiro atoms. The molecule has 1 amide bonds. The van der Waals surface area contributed by atoms with E-state index in [0.29, 0.717) is 11.6 Å². The lowest BCUT2D eigenvalue weighted by Gasteiger charge is -2.26. The number of halogens is 1. The lowest BCUT2D eigenvalue weighted by atomic mass is 10.1. The van der Waals surface area contributed by atoms with E-state index in [9.17, 15) is 9.18 Å². The van der Waals surface area contributed by atoms with Crippen molar-refractivity contribution in [1.82, 2.24) is 15.3 Å². The number of hydrogen-bond acceptors (Lipinski definition) is 3. The smallest absolute Gasteiger partial charge is 0.264 e. The van der Waals surface area contributed by atoms with Gasteiger partial charge in [0.25, 0.3) is 5.91 Å². The van der Waals surface area contributed by atoms with E-state index in [0.717, 1.165) is 0 Å². The maximum atomic E-state index is 12.9. The lowest BCUT2D eigenvalue weighted by molar-refractivity contribution is -0.135. The molecule has 2 rings (SSSR count). The van der Waals surface area contributed by atoms with Gasteiger partial charge in [0.05, 0.1) is 6.04 Å². The third-order valence-electron chi connectivity index (χ3n) is 3.01. The average molecular weight is 291 g/mol. The van der Waals surface area contributed by atoms with E-state index in [1.807, 2.05) is 6.92 Å². The molecule has 1 heterocycles. The third kappa shape index (κ3) is 3.81. The minimum Gasteiger partial charge on any atom is -0.478 e. The first kappa shape index (κ1) is 15.0. The molecule has 21 heavy (non-hydrogen) atoms. The van der Waals surface area contributed by atoms with E-state index in [1.165, 1.54) is 24.3 Å². The number of hydrogen-bond donors (Lipinski definition) is 2. The fraction of sp³-hybridized carbons (Fsp3) is 0.333. The fourth-order valence-electron chi connectivity index (χ4n) is 1.80. The van der Waals surface area contributed by atoms with Crippen LogP contribution in [-0.4, -0.2) is 21.5 Å². The molecular weight excluding hydrogens is 273 g/mol. The molecule has 2 aromatic rings. The summed E-state index contributed by atoms with van der Waals surface area (Å²) >= 11 is 0. The van der Waals surface area contributed by atoms with Gasteiger partial charge in [-0.15, -0.1) is 0 Å². The van der Waals surface area contributed by atoms with Gasteiger partial charge in [0.2, 0.25) is 0 Å². The molecule has 1 unspecified atom stereocenters. The Kier molecular flexibility index (Phi) is 4.26. The Hall–Kier alpha value is -2.37. The molecule has 0 bridgehead atoms. The number of benzene rings is 1. The van der Waals surface area contributed by atoms with Crippen LogP contribution in [0.4, 0.5) is 4.39 Å². The molecule has 0 saturated carbocycles. The maximum Gasteiger partial charge on any atom is 0.264 e. The molecule has 0 fully saturated rings. The number of rotatable bonds is 5. The molecule has 0 aliphatic heterocycles. The highest BCUT2D eigenvalue weighted by Crippen LogP contribution is 2.20.